The lowest BCUT2D eigenvalue weighted by Crippen LogP contribution is -2.14. The van der Waals surface area contributed by atoms with Crippen molar-refractivity contribution in [3.63, 3.8) is 0 Å². The van der Waals surface area contributed by atoms with Gasteiger partial charge in [0.15, 0.2) is 0 Å². The molecule has 0 spiro atoms. The number of carboxylic acids is 1. The first-order valence-electron chi connectivity index (χ1n) is 10.5. The maximum absolute atomic E-state index is 13.0. The van der Waals surface area contributed by atoms with Crippen LogP contribution in [0.5, 0.6) is 0 Å². The van der Waals surface area contributed by atoms with Gasteiger partial charge in [0.25, 0.3) is 0 Å². The first-order chi connectivity index (χ1) is 15.8. The molecule has 0 saturated heterocycles. The number of alkyl halides is 6. The lowest BCUT2D eigenvalue weighted by atomic mass is 9.86. The Morgan fingerprint density at radius 3 is 1.38 bits per heavy atom. The van der Waals surface area contributed by atoms with Crippen LogP contribution in [0.15, 0.2) is 66.7 Å². The third-order valence-corrected chi connectivity index (χ3v) is 5.45. The molecule has 0 aliphatic carbocycles. The van der Waals surface area contributed by atoms with E-state index in [2.05, 4.69) is 0 Å². The molecule has 3 rings (SSSR count). The van der Waals surface area contributed by atoms with Gasteiger partial charge >= 0.3 is 18.3 Å². The Morgan fingerprint density at radius 2 is 1.09 bits per heavy atom. The van der Waals surface area contributed by atoms with Gasteiger partial charge in [-0.2, -0.15) is 26.3 Å². The largest absolute Gasteiger partial charge is 0.481 e. The second kappa shape index (κ2) is 9.52. The van der Waals surface area contributed by atoms with E-state index in [1.807, 2.05) is 13.8 Å². The molecule has 3 aromatic rings. The molecule has 3 aromatic carbocycles. The Labute approximate surface area is 192 Å². The molecule has 1 atom stereocenters. The summed E-state index contributed by atoms with van der Waals surface area (Å²) in [5.41, 5.74) is 0.575. The Bertz CT molecular complexity index is 1070. The zero-order valence-electron chi connectivity index (χ0n) is 18.3. The Kier molecular flexibility index (Phi) is 7.10. The normalized spacial score (nSPS) is 13.2. The van der Waals surface area contributed by atoms with Crippen LogP contribution in [0, 0.1) is 5.92 Å². The van der Waals surface area contributed by atoms with Gasteiger partial charge in [-0.3, -0.25) is 4.79 Å². The molecule has 0 amide bonds. The van der Waals surface area contributed by atoms with E-state index in [1.54, 1.807) is 18.2 Å². The molecule has 0 unspecified atom stereocenters. The SMILES string of the molecule is CC(C)C[C@@H](C(=O)O)c1cc(-c2ccc(C(F)(F)F)cc2)cc(-c2ccc(C(F)(F)F)cc2)c1. The number of halogens is 6. The Morgan fingerprint density at radius 1 is 0.706 bits per heavy atom. The summed E-state index contributed by atoms with van der Waals surface area (Å²) in [6.07, 6.45) is -8.69. The predicted octanol–water partition coefficient (Wildman–Crippen LogP) is 8.27. The van der Waals surface area contributed by atoms with Gasteiger partial charge in [-0.25, -0.2) is 0 Å². The van der Waals surface area contributed by atoms with Gasteiger partial charge < -0.3 is 5.11 Å². The van der Waals surface area contributed by atoms with Gasteiger partial charge in [-0.1, -0.05) is 50.2 Å². The van der Waals surface area contributed by atoms with Crippen molar-refractivity contribution in [3.05, 3.63) is 83.4 Å². The summed E-state index contributed by atoms with van der Waals surface area (Å²) >= 11 is 0. The van der Waals surface area contributed by atoms with Crippen LogP contribution in [-0.2, 0) is 17.1 Å². The third-order valence-electron chi connectivity index (χ3n) is 5.45. The number of benzene rings is 3. The van der Waals surface area contributed by atoms with Crippen LogP contribution in [0.3, 0.4) is 0 Å². The zero-order valence-corrected chi connectivity index (χ0v) is 18.3. The molecular weight excluding hydrogens is 458 g/mol. The van der Waals surface area contributed by atoms with Crippen molar-refractivity contribution >= 4 is 5.97 Å². The highest BCUT2D eigenvalue weighted by Crippen LogP contribution is 2.37. The molecule has 0 fully saturated rings. The second-order valence-corrected chi connectivity index (χ2v) is 8.51. The molecule has 2 nitrogen and oxygen atoms in total. The highest BCUT2D eigenvalue weighted by Gasteiger charge is 2.31. The second-order valence-electron chi connectivity index (χ2n) is 8.51. The van der Waals surface area contributed by atoms with Gasteiger partial charge in [0.2, 0.25) is 0 Å². The maximum atomic E-state index is 13.0. The summed E-state index contributed by atoms with van der Waals surface area (Å²) < 4.78 is 77.8. The van der Waals surface area contributed by atoms with E-state index in [4.69, 9.17) is 0 Å². The minimum Gasteiger partial charge on any atom is -0.481 e. The summed E-state index contributed by atoms with van der Waals surface area (Å²) in [6.45, 7) is 3.73. The number of rotatable bonds is 6. The van der Waals surface area contributed by atoms with E-state index < -0.39 is 35.4 Å². The fraction of sp³-hybridized carbons (Fsp3) is 0.269. The van der Waals surface area contributed by atoms with Crippen molar-refractivity contribution in [2.75, 3.05) is 0 Å². The number of hydrogen-bond donors (Lipinski definition) is 1. The molecule has 180 valence electrons. The van der Waals surface area contributed by atoms with Crippen LogP contribution < -0.4 is 0 Å². The third kappa shape index (κ3) is 5.98. The zero-order chi connectivity index (χ0) is 25.3. The van der Waals surface area contributed by atoms with E-state index in [9.17, 15) is 36.2 Å². The Hall–Kier alpha value is -3.29. The molecule has 34 heavy (non-hydrogen) atoms. The minimum atomic E-state index is -4.50. The fourth-order valence-electron chi connectivity index (χ4n) is 3.74. The van der Waals surface area contributed by atoms with Gasteiger partial charge in [-0.15, -0.1) is 0 Å². The summed E-state index contributed by atoms with van der Waals surface area (Å²) in [6, 6.07) is 13.7. The van der Waals surface area contributed by atoms with E-state index >= 15 is 0 Å². The number of carboxylic acid groups (broad SMARTS) is 1. The van der Waals surface area contributed by atoms with Gasteiger partial charge in [0.1, 0.15) is 0 Å². The average Bonchev–Trinajstić information content (AvgIpc) is 2.76. The van der Waals surface area contributed by atoms with Crippen molar-refractivity contribution in [2.24, 2.45) is 5.92 Å². The van der Waals surface area contributed by atoms with Gasteiger partial charge in [-0.05, 0) is 70.5 Å². The van der Waals surface area contributed by atoms with Crippen LogP contribution in [0.1, 0.15) is 42.9 Å². The van der Waals surface area contributed by atoms with Gasteiger partial charge in [0.05, 0.1) is 17.0 Å². The number of hydrogen-bond acceptors (Lipinski definition) is 1. The van der Waals surface area contributed by atoms with Crippen molar-refractivity contribution < 1.29 is 36.2 Å². The van der Waals surface area contributed by atoms with Crippen molar-refractivity contribution in [1.29, 1.82) is 0 Å². The summed E-state index contributed by atoms with van der Waals surface area (Å²) in [5, 5.41) is 9.80. The summed E-state index contributed by atoms with van der Waals surface area (Å²) in [4.78, 5) is 12.0. The van der Waals surface area contributed by atoms with Crippen LogP contribution >= 0.6 is 0 Å². The van der Waals surface area contributed by atoms with Crippen LogP contribution in [0.2, 0.25) is 0 Å². The van der Waals surface area contributed by atoms with Crippen molar-refractivity contribution in [3.8, 4) is 22.3 Å². The lowest BCUT2D eigenvalue weighted by Gasteiger charge is -2.18. The highest BCUT2D eigenvalue weighted by atomic mass is 19.4. The summed E-state index contributed by atoms with van der Waals surface area (Å²) in [5.74, 6) is -1.90. The predicted molar refractivity (Wildman–Crippen MR) is 117 cm³/mol. The fourth-order valence-corrected chi connectivity index (χ4v) is 3.74. The lowest BCUT2D eigenvalue weighted by molar-refractivity contribution is -0.139. The molecule has 8 heteroatoms. The molecule has 1 N–H and O–H groups in total. The molecule has 0 aliphatic heterocycles. The topological polar surface area (TPSA) is 37.3 Å². The van der Waals surface area contributed by atoms with Crippen LogP contribution in [0.25, 0.3) is 22.3 Å². The molecule has 0 heterocycles. The molecular formula is C26H22F6O2. The first kappa shape index (κ1) is 25.3. The smallest absolute Gasteiger partial charge is 0.416 e. The van der Waals surface area contributed by atoms with E-state index in [-0.39, 0.29) is 5.92 Å². The van der Waals surface area contributed by atoms with Crippen LogP contribution in [-0.4, -0.2) is 11.1 Å². The van der Waals surface area contributed by atoms with E-state index in [0.717, 1.165) is 24.3 Å². The van der Waals surface area contributed by atoms with Crippen LogP contribution in [0.4, 0.5) is 26.3 Å². The molecule has 0 aromatic heterocycles. The quantitative estimate of drug-likeness (QED) is 0.361. The first-order valence-corrected chi connectivity index (χ1v) is 10.5. The molecule has 0 aliphatic rings. The van der Waals surface area contributed by atoms with E-state index in [1.165, 1.54) is 24.3 Å². The minimum absolute atomic E-state index is 0.0466. The number of carbonyl (C=O) groups is 1. The molecule has 0 radical (unpaired) electrons. The van der Waals surface area contributed by atoms with Gasteiger partial charge in [0, 0.05) is 0 Å². The Balaban J connectivity index is 2.14. The van der Waals surface area contributed by atoms with E-state index in [0.29, 0.717) is 34.2 Å². The molecule has 0 bridgehead atoms. The number of aliphatic carboxylic acids is 1. The highest BCUT2D eigenvalue weighted by molar-refractivity contribution is 5.80. The van der Waals surface area contributed by atoms with Crippen molar-refractivity contribution in [1.82, 2.24) is 0 Å². The molecule has 0 saturated carbocycles. The maximum Gasteiger partial charge on any atom is 0.416 e. The summed E-state index contributed by atoms with van der Waals surface area (Å²) in [7, 11) is 0. The standard InChI is InChI=1S/C26H22F6O2/c1-15(2)11-23(24(33)34)20-13-18(16-3-7-21(8-4-16)25(27,28)29)12-19(14-20)17-5-9-22(10-6-17)26(30,31)32/h3-10,12-15,23H,11H2,1-2H3,(H,33,34)/t23-/m1/s1. The van der Waals surface area contributed by atoms with Crippen molar-refractivity contribution in [2.45, 2.75) is 38.5 Å². The monoisotopic (exact) mass is 480 g/mol. The average molecular weight is 480 g/mol.